The molecule has 4 aliphatic rings. The molecular formula is C23H37NO4. The third-order valence-electron chi connectivity index (χ3n) is 7.68. The number of carbonyl (C=O) groups is 1. The van der Waals surface area contributed by atoms with Gasteiger partial charge in [0.05, 0.1) is 0 Å². The second kappa shape index (κ2) is 9.17. The molecule has 1 aliphatic heterocycles. The minimum atomic E-state index is -0.382. The van der Waals surface area contributed by atoms with Crippen LogP contribution < -0.4 is 5.32 Å². The summed E-state index contributed by atoms with van der Waals surface area (Å²) in [7, 11) is 0. The van der Waals surface area contributed by atoms with Gasteiger partial charge in [0.2, 0.25) is 6.29 Å². The van der Waals surface area contributed by atoms with Crippen molar-refractivity contribution in [2.24, 2.45) is 29.6 Å². The first-order valence-electron chi connectivity index (χ1n) is 11.6. The summed E-state index contributed by atoms with van der Waals surface area (Å²) in [4.78, 5) is 13.1. The zero-order valence-corrected chi connectivity index (χ0v) is 17.3. The fourth-order valence-electron chi connectivity index (χ4n) is 6.33. The Morgan fingerprint density at radius 1 is 1.21 bits per heavy atom. The van der Waals surface area contributed by atoms with Gasteiger partial charge in [0, 0.05) is 25.2 Å². The predicted molar refractivity (Wildman–Crippen MR) is 107 cm³/mol. The molecule has 0 aromatic heterocycles. The van der Waals surface area contributed by atoms with Gasteiger partial charge >= 0.3 is 0 Å². The van der Waals surface area contributed by atoms with E-state index in [1.165, 1.54) is 44.9 Å². The quantitative estimate of drug-likeness (QED) is 0.661. The highest BCUT2D eigenvalue weighted by Gasteiger charge is 2.43. The lowest BCUT2D eigenvalue weighted by molar-refractivity contribution is -0.176. The normalized spacial score (nSPS) is 37.7. The van der Waals surface area contributed by atoms with Crippen molar-refractivity contribution in [2.75, 3.05) is 13.2 Å². The van der Waals surface area contributed by atoms with Gasteiger partial charge in [-0.15, -0.1) is 0 Å². The molecule has 6 atom stereocenters. The van der Waals surface area contributed by atoms with Crippen LogP contribution in [0.4, 0.5) is 0 Å². The third-order valence-corrected chi connectivity index (χ3v) is 7.68. The highest BCUT2D eigenvalue weighted by molar-refractivity contribution is 5.91. The maximum atomic E-state index is 13.1. The zero-order valence-electron chi connectivity index (χ0n) is 17.3. The number of hydrogen-bond donors (Lipinski definition) is 2. The molecule has 28 heavy (non-hydrogen) atoms. The number of aliphatic hydroxyl groups is 1. The molecule has 4 rings (SSSR count). The molecule has 3 unspecified atom stereocenters. The standard InChI is InChI=1S/C23H37NO4/c1-2-27-23-18(8-5-11-25)19(16-6-3-4-7-16)14-21(28-23)22(26)24-20-13-15-9-10-17(20)12-15/h14-20,23,25H,2-13H2,1H3,(H,24,26)/t15?,17?,18-,19+,20?,23+/m1/s1. The van der Waals surface area contributed by atoms with Crippen molar-refractivity contribution < 1.29 is 19.4 Å². The van der Waals surface area contributed by atoms with Crippen LogP contribution in [0.15, 0.2) is 11.8 Å². The van der Waals surface area contributed by atoms with Gasteiger partial charge in [-0.05, 0) is 81.6 Å². The number of allylic oxidation sites excluding steroid dienone is 1. The van der Waals surface area contributed by atoms with E-state index in [-0.39, 0.29) is 24.7 Å². The largest absolute Gasteiger partial charge is 0.459 e. The fourth-order valence-corrected chi connectivity index (χ4v) is 6.33. The van der Waals surface area contributed by atoms with Crippen LogP contribution in [-0.2, 0) is 14.3 Å². The number of amides is 1. The zero-order chi connectivity index (χ0) is 19.5. The highest BCUT2D eigenvalue weighted by atomic mass is 16.7. The molecule has 1 amide bonds. The van der Waals surface area contributed by atoms with E-state index in [1.54, 1.807) is 0 Å². The molecule has 0 radical (unpaired) electrons. The number of rotatable bonds is 8. The van der Waals surface area contributed by atoms with Crippen molar-refractivity contribution in [3.8, 4) is 0 Å². The molecule has 1 heterocycles. The third kappa shape index (κ3) is 4.25. The van der Waals surface area contributed by atoms with Crippen LogP contribution in [-0.4, -0.2) is 36.6 Å². The smallest absolute Gasteiger partial charge is 0.286 e. The minimum Gasteiger partial charge on any atom is -0.459 e. The second-order valence-corrected chi connectivity index (χ2v) is 9.38. The Morgan fingerprint density at radius 2 is 2.04 bits per heavy atom. The van der Waals surface area contributed by atoms with E-state index in [0.29, 0.717) is 36.2 Å². The molecule has 5 nitrogen and oxygen atoms in total. The molecule has 0 saturated heterocycles. The number of aliphatic hydroxyl groups excluding tert-OH is 1. The van der Waals surface area contributed by atoms with Crippen LogP contribution in [0, 0.1) is 29.6 Å². The topological polar surface area (TPSA) is 67.8 Å². The van der Waals surface area contributed by atoms with Crippen LogP contribution in [0.5, 0.6) is 0 Å². The van der Waals surface area contributed by atoms with Crippen LogP contribution >= 0.6 is 0 Å². The molecule has 3 aliphatic carbocycles. The van der Waals surface area contributed by atoms with Crippen LogP contribution in [0.2, 0.25) is 0 Å². The van der Waals surface area contributed by atoms with Crippen molar-refractivity contribution in [3.05, 3.63) is 11.8 Å². The fraction of sp³-hybridized carbons (Fsp3) is 0.870. The summed E-state index contributed by atoms with van der Waals surface area (Å²) in [6.45, 7) is 2.73. The van der Waals surface area contributed by atoms with Gasteiger partial charge in [-0.3, -0.25) is 4.79 Å². The van der Waals surface area contributed by atoms with Crippen LogP contribution in [0.25, 0.3) is 0 Å². The van der Waals surface area contributed by atoms with Crippen molar-refractivity contribution >= 4 is 5.91 Å². The van der Waals surface area contributed by atoms with Crippen molar-refractivity contribution in [1.82, 2.24) is 5.32 Å². The molecule has 0 aromatic carbocycles. The molecule has 3 saturated carbocycles. The van der Waals surface area contributed by atoms with E-state index in [0.717, 1.165) is 25.2 Å². The molecule has 0 spiro atoms. The number of nitrogens with one attached hydrogen (secondary N) is 1. The molecular weight excluding hydrogens is 354 g/mol. The predicted octanol–water partition coefficient (Wildman–Crippen LogP) is 3.76. The lowest BCUT2D eigenvalue weighted by atomic mass is 9.76. The summed E-state index contributed by atoms with van der Waals surface area (Å²) in [5.41, 5.74) is 0. The molecule has 2 N–H and O–H groups in total. The van der Waals surface area contributed by atoms with E-state index < -0.39 is 0 Å². The highest BCUT2D eigenvalue weighted by Crippen LogP contribution is 2.45. The van der Waals surface area contributed by atoms with E-state index >= 15 is 0 Å². The Morgan fingerprint density at radius 3 is 2.68 bits per heavy atom. The Balaban J connectivity index is 1.50. The average Bonchev–Trinajstić information content (AvgIpc) is 3.45. The van der Waals surface area contributed by atoms with Crippen LogP contribution in [0.3, 0.4) is 0 Å². The summed E-state index contributed by atoms with van der Waals surface area (Å²) < 4.78 is 12.1. The Hall–Kier alpha value is -1.07. The van der Waals surface area contributed by atoms with E-state index in [2.05, 4.69) is 11.4 Å². The van der Waals surface area contributed by atoms with Gasteiger partial charge in [-0.2, -0.15) is 0 Å². The van der Waals surface area contributed by atoms with Crippen molar-refractivity contribution in [1.29, 1.82) is 0 Å². The Labute approximate surface area is 169 Å². The van der Waals surface area contributed by atoms with Gasteiger partial charge in [0.25, 0.3) is 5.91 Å². The maximum Gasteiger partial charge on any atom is 0.286 e. The van der Waals surface area contributed by atoms with Crippen molar-refractivity contribution in [3.63, 3.8) is 0 Å². The van der Waals surface area contributed by atoms with Crippen LogP contribution in [0.1, 0.15) is 71.1 Å². The maximum absolute atomic E-state index is 13.1. The lowest BCUT2D eigenvalue weighted by Gasteiger charge is -2.39. The van der Waals surface area contributed by atoms with Gasteiger partial charge in [-0.1, -0.05) is 19.3 Å². The SMILES string of the molecule is CCO[C@H]1OC(C(=O)NC2CC3CCC2C3)=C[C@@H](C2CCCC2)[C@H]1CCCO. The van der Waals surface area contributed by atoms with E-state index in [9.17, 15) is 9.90 Å². The summed E-state index contributed by atoms with van der Waals surface area (Å²) in [6, 6.07) is 0.318. The number of carbonyl (C=O) groups excluding carboxylic acids is 1. The van der Waals surface area contributed by atoms with Crippen molar-refractivity contribution in [2.45, 2.75) is 83.5 Å². The minimum absolute atomic E-state index is 0.0501. The first kappa shape index (κ1) is 20.2. The molecule has 3 fully saturated rings. The monoisotopic (exact) mass is 391 g/mol. The van der Waals surface area contributed by atoms with Gasteiger partial charge < -0.3 is 19.9 Å². The van der Waals surface area contributed by atoms with Gasteiger partial charge in [-0.25, -0.2) is 0 Å². The number of hydrogen-bond acceptors (Lipinski definition) is 4. The first-order valence-corrected chi connectivity index (χ1v) is 11.6. The summed E-state index contributed by atoms with van der Waals surface area (Å²) in [6.07, 6.45) is 13.3. The molecule has 0 aromatic rings. The lowest BCUT2D eigenvalue weighted by Crippen LogP contribution is -2.44. The summed E-state index contributed by atoms with van der Waals surface area (Å²) in [5.74, 6) is 3.00. The molecule has 5 heteroatoms. The first-order chi connectivity index (χ1) is 13.7. The van der Waals surface area contributed by atoms with Gasteiger partial charge in [0.15, 0.2) is 5.76 Å². The number of ether oxygens (including phenoxy) is 2. The Bertz CT molecular complexity index is 571. The summed E-state index contributed by atoms with van der Waals surface area (Å²) in [5, 5.41) is 12.6. The molecule has 158 valence electrons. The van der Waals surface area contributed by atoms with Gasteiger partial charge in [0.1, 0.15) is 0 Å². The second-order valence-electron chi connectivity index (χ2n) is 9.38. The van der Waals surface area contributed by atoms with E-state index in [1.807, 2.05) is 6.92 Å². The molecule has 2 bridgehead atoms. The Kier molecular flexibility index (Phi) is 6.62. The summed E-state index contributed by atoms with van der Waals surface area (Å²) >= 11 is 0. The van der Waals surface area contributed by atoms with E-state index in [4.69, 9.17) is 9.47 Å². The average molecular weight is 392 g/mol. The number of fused-ring (bicyclic) bond motifs is 2.